The van der Waals surface area contributed by atoms with Gasteiger partial charge in [0.2, 0.25) is 5.91 Å². The lowest BCUT2D eigenvalue weighted by Gasteiger charge is -2.05. The topological polar surface area (TPSA) is 76.6 Å². The van der Waals surface area contributed by atoms with Crippen LogP contribution in [0.5, 0.6) is 0 Å². The van der Waals surface area contributed by atoms with Gasteiger partial charge in [-0.15, -0.1) is 10.2 Å². The van der Waals surface area contributed by atoms with Gasteiger partial charge in [-0.2, -0.15) is 5.10 Å². The highest BCUT2D eigenvalue weighted by molar-refractivity contribution is 7.99. The van der Waals surface area contributed by atoms with Crippen LogP contribution in [0.4, 0.5) is 5.69 Å². The Hall–Kier alpha value is -3.36. The Balaban J connectivity index is 1.38. The van der Waals surface area contributed by atoms with E-state index in [2.05, 4.69) is 47.6 Å². The molecule has 0 aliphatic carbocycles. The van der Waals surface area contributed by atoms with Crippen molar-refractivity contribution in [3.63, 3.8) is 0 Å². The Kier molecular flexibility index (Phi) is 5.32. The standard InChI is InChI=1S/C23H19ClN6OS/c1-14-6-7-16(10-15(14)2)19-12-20-22-26-27-23(29(22)8-9-30(20)28-19)32-13-21(31)25-18-5-3-4-17(24)11-18/h3-12H,13H2,1-2H3,(H,25,31). The maximum Gasteiger partial charge on any atom is 0.234 e. The van der Waals surface area contributed by atoms with E-state index in [0.717, 1.165) is 16.8 Å². The third kappa shape index (κ3) is 3.94. The summed E-state index contributed by atoms with van der Waals surface area (Å²) in [6.45, 7) is 4.19. The van der Waals surface area contributed by atoms with Crippen LogP contribution < -0.4 is 5.32 Å². The van der Waals surface area contributed by atoms with E-state index in [1.807, 2.05) is 22.9 Å². The Morgan fingerprint density at radius 1 is 1.06 bits per heavy atom. The third-order valence-electron chi connectivity index (χ3n) is 5.23. The number of nitrogens with one attached hydrogen (secondary N) is 1. The second kappa shape index (κ2) is 8.29. The van der Waals surface area contributed by atoms with Crippen molar-refractivity contribution >= 4 is 46.1 Å². The number of halogens is 1. The zero-order valence-electron chi connectivity index (χ0n) is 17.4. The molecule has 0 atom stereocenters. The lowest BCUT2D eigenvalue weighted by atomic mass is 10.0. The molecule has 3 aromatic heterocycles. The predicted molar refractivity (Wildman–Crippen MR) is 127 cm³/mol. The molecule has 0 saturated heterocycles. The van der Waals surface area contributed by atoms with Crippen LogP contribution in [-0.2, 0) is 4.79 Å². The Bertz CT molecular complexity index is 1470. The smallest absolute Gasteiger partial charge is 0.234 e. The van der Waals surface area contributed by atoms with E-state index in [-0.39, 0.29) is 11.7 Å². The first-order valence-electron chi connectivity index (χ1n) is 9.97. The van der Waals surface area contributed by atoms with Crippen molar-refractivity contribution in [1.82, 2.24) is 24.2 Å². The minimum absolute atomic E-state index is 0.142. The number of thioether (sulfide) groups is 1. The van der Waals surface area contributed by atoms with Crippen LogP contribution in [0.25, 0.3) is 22.4 Å². The molecule has 0 radical (unpaired) electrons. The summed E-state index contributed by atoms with van der Waals surface area (Å²) in [6.07, 6.45) is 3.73. The lowest BCUT2D eigenvalue weighted by Crippen LogP contribution is -2.14. The van der Waals surface area contributed by atoms with E-state index in [1.54, 1.807) is 28.8 Å². The fourth-order valence-corrected chi connectivity index (χ4v) is 4.33. The first kappa shape index (κ1) is 20.5. The minimum Gasteiger partial charge on any atom is -0.325 e. The Labute approximate surface area is 193 Å². The van der Waals surface area contributed by atoms with Gasteiger partial charge >= 0.3 is 0 Å². The van der Waals surface area contributed by atoms with Crippen LogP contribution in [0, 0.1) is 13.8 Å². The van der Waals surface area contributed by atoms with Gasteiger partial charge in [0.25, 0.3) is 0 Å². The van der Waals surface area contributed by atoms with Crippen molar-refractivity contribution in [2.45, 2.75) is 19.0 Å². The van der Waals surface area contributed by atoms with Crippen molar-refractivity contribution in [1.29, 1.82) is 0 Å². The van der Waals surface area contributed by atoms with E-state index >= 15 is 0 Å². The lowest BCUT2D eigenvalue weighted by molar-refractivity contribution is -0.113. The van der Waals surface area contributed by atoms with E-state index in [0.29, 0.717) is 21.5 Å². The van der Waals surface area contributed by atoms with Crippen LogP contribution in [0.1, 0.15) is 11.1 Å². The molecular weight excluding hydrogens is 444 g/mol. The van der Waals surface area contributed by atoms with E-state index in [9.17, 15) is 4.79 Å². The van der Waals surface area contributed by atoms with Crippen LogP contribution in [0.2, 0.25) is 5.02 Å². The number of fused-ring (bicyclic) bond motifs is 3. The molecule has 0 unspecified atom stereocenters. The van der Waals surface area contributed by atoms with E-state index < -0.39 is 0 Å². The van der Waals surface area contributed by atoms with Crippen LogP contribution in [0.3, 0.4) is 0 Å². The average Bonchev–Trinajstić information content (AvgIpc) is 3.38. The summed E-state index contributed by atoms with van der Waals surface area (Å²) >= 11 is 7.29. The SMILES string of the molecule is Cc1ccc(-c2cc3c4nnc(SCC(=O)Nc5cccc(Cl)c5)n4ccn3n2)cc1C. The van der Waals surface area contributed by atoms with Gasteiger partial charge < -0.3 is 5.32 Å². The molecule has 7 nitrogen and oxygen atoms in total. The molecule has 1 amide bonds. The third-order valence-corrected chi connectivity index (χ3v) is 6.41. The summed E-state index contributed by atoms with van der Waals surface area (Å²) in [5.41, 5.74) is 6.60. The number of aromatic nitrogens is 5. The predicted octanol–water partition coefficient (Wildman–Crippen LogP) is 5.05. The molecule has 5 rings (SSSR count). The van der Waals surface area contributed by atoms with Crippen molar-refractivity contribution in [3.05, 3.63) is 77.1 Å². The highest BCUT2D eigenvalue weighted by atomic mass is 35.5. The van der Waals surface area contributed by atoms with Crippen molar-refractivity contribution in [2.75, 3.05) is 11.1 Å². The summed E-state index contributed by atoms with van der Waals surface area (Å²) in [6, 6.07) is 15.4. The molecule has 0 aliphatic rings. The summed E-state index contributed by atoms with van der Waals surface area (Å²) in [7, 11) is 0. The molecule has 5 aromatic rings. The number of hydrogen-bond acceptors (Lipinski definition) is 5. The van der Waals surface area contributed by atoms with Gasteiger partial charge in [-0.05, 0) is 55.3 Å². The summed E-state index contributed by atoms with van der Waals surface area (Å²) in [4.78, 5) is 12.3. The Morgan fingerprint density at radius 2 is 1.94 bits per heavy atom. The molecule has 0 bridgehead atoms. The molecule has 0 aliphatic heterocycles. The number of hydrogen-bond donors (Lipinski definition) is 1. The molecule has 0 saturated carbocycles. The minimum atomic E-state index is -0.142. The summed E-state index contributed by atoms with van der Waals surface area (Å²) in [5, 5.41) is 17.4. The first-order valence-corrected chi connectivity index (χ1v) is 11.3. The van der Waals surface area contributed by atoms with Crippen LogP contribution >= 0.6 is 23.4 Å². The number of aryl methyl sites for hydroxylation is 2. The number of anilines is 1. The zero-order valence-corrected chi connectivity index (χ0v) is 19.0. The molecule has 32 heavy (non-hydrogen) atoms. The quantitative estimate of drug-likeness (QED) is 0.370. The zero-order chi connectivity index (χ0) is 22.2. The molecule has 0 spiro atoms. The van der Waals surface area contributed by atoms with Gasteiger partial charge in [0.15, 0.2) is 10.8 Å². The largest absolute Gasteiger partial charge is 0.325 e. The molecular formula is C23H19ClN6OS. The molecule has 3 heterocycles. The molecule has 0 fully saturated rings. The monoisotopic (exact) mass is 462 g/mol. The van der Waals surface area contributed by atoms with E-state index in [4.69, 9.17) is 16.7 Å². The molecule has 1 N–H and O–H groups in total. The van der Waals surface area contributed by atoms with Gasteiger partial charge in [-0.25, -0.2) is 4.52 Å². The number of carbonyl (C=O) groups is 1. The average molecular weight is 463 g/mol. The normalized spacial score (nSPS) is 11.3. The highest BCUT2D eigenvalue weighted by Crippen LogP contribution is 2.25. The van der Waals surface area contributed by atoms with Crippen LogP contribution in [-0.4, -0.2) is 35.9 Å². The number of amides is 1. The van der Waals surface area contributed by atoms with Gasteiger partial charge in [0, 0.05) is 28.7 Å². The first-order chi connectivity index (χ1) is 15.5. The van der Waals surface area contributed by atoms with Gasteiger partial charge in [-0.3, -0.25) is 9.20 Å². The molecule has 160 valence electrons. The van der Waals surface area contributed by atoms with Gasteiger partial charge in [-0.1, -0.05) is 41.6 Å². The van der Waals surface area contributed by atoms with Gasteiger partial charge in [0.05, 0.1) is 11.4 Å². The Morgan fingerprint density at radius 3 is 2.75 bits per heavy atom. The number of benzene rings is 2. The van der Waals surface area contributed by atoms with Crippen molar-refractivity contribution < 1.29 is 4.79 Å². The summed E-state index contributed by atoms with van der Waals surface area (Å²) < 4.78 is 3.67. The maximum atomic E-state index is 12.3. The summed E-state index contributed by atoms with van der Waals surface area (Å²) in [5.74, 6) is 0.0579. The maximum absolute atomic E-state index is 12.3. The van der Waals surface area contributed by atoms with Crippen molar-refractivity contribution in [3.8, 4) is 11.3 Å². The number of nitrogens with zero attached hydrogens (tertiary/aromatic N) is 5. The molecule has 2 aromatic carbocycles. The molecule has 9 heteroatoms. The van der Waals surface area contributed by atoms with Crippen LogP contribution in [0.15, 0.2) is 66.1 Å². The number of carbonyl (C=O) groups excluding carboxylic acids is 1. The fraction of sp³-hybridized carbons (Fsp3) is 0.130. The second-order valence-corrected chi connectivity index (χ2v) is 8.86. The highest BCUT2D eigenvalue weighted by Gasteiger charge is 2.14. The van der Waals surface area contributed by atoms with Crippen molar-refractivity contribution in [2.24, 2.45) is 0 Å². The fourth-order valence-electron chi connectivity index (χ4n) is 3.42. The number of rotatable bonds is 5. The second-order valence-electron chi connectivity index (χ2n) is 7.48. The van der Waals surface area contributed by atoms with E-state index in [1.165, 1.54) is 22.9 Å². The van der Waals surface area contributed by atoms with Gasteiger partial charge in [0.1, 0.15) is 5.52 Å².